The second-order valence-electron chi connectivity index (χ2n) is 6.83. The van der Waals surface area contributed by atoms with Crippen molar-refractivity contribution in [2.24, 2.45) is 4.99 Å². The number of hydrogen-bond donors (Lipinski definition) is 2. The summed E-state index contributed by atoms with van der Waals surface area (Å²) in [4.78, 5) is 5.02. The van der Waals surface area contributed by atoms with Crippen LogP contribution in [-0.4, -0.2) is 25.0 Å². The van der Waals surface area contributed by atoms with Gasteiger partial charge in [0.15, 0.2) is 0 Å². The van der Waals surface area contributed by atoms with Crippen molar-refractivity contribution < 1.29 is 0 Å². The van der Waals surface area contributed by atoms with Crippen LogP contribution in [0.3, 0.4) is 0 Å². The molecule has 0 bridgehead atoms. The Morgan fingerprint density at radius 2 is 1.89 bits per heavy atom. The SMILES string of the molecule is N#Cc1ccc(-c2ccc3c(c2)C(=NC2CCCNC2)NC=CC=C3)cc1. The fourth-order valence-electron chi connectivity index (χ4n) is 3.48. The maximum absolute atomic E-state index is 9.01. The van der Waals surface area contributed by atoms with Crippen molar-refractivity contribution in [2.75, 3.05) is 13.1 Å². The quantitative estimate of drug-likeness (QED) is 0.861. The van der Waals surface area contributed by atoms with E-state index in [1.807, 2.05) is 42.6 Å². The van der Waals surface area contributed by atoms with E-state index in [4.69, 9.17) is 10.3 Å². The Kier molecular flexibility index (Phi) is 5.13. The van der Waals surface area contributed by atoms with Crippen LogP contribution < -0.4 is 10.6 Å². The van der Waals surface area contributed by atoms with Gasteiger partial charge in [-0.25, -0.2) is 0 Å². The predicted octanol–water partition coefficient (Wildman–Crippen LogP) is 3.85. The van der Waals surface area contributed by atoms with E-state index in [-0.39, 0.29) is 0 Å². The Hall–Kier alpha value is -3.16. The molecule has 1 fully saturated rings. The maximum Gasteiger partial charge on any atom is 0.133 e. The van der Waals surface area contributed by atoms with Crippen LogP contribution in [0.4, 0.5) is 0 Å². The lowest BCUT2D eigenvalue weighted by Gasteiger charge is -2.22. The molecule has 0 amide bonds. The Morgan fingerprint density at radius 3 is 2.67 bits per heavy atom. The summed E-state index contributed by atoms with van der Waals surface area (Å²) in [6.45, 7) is 2.01. The number of piperidine rings is 1. The molecule has 4 heteroatoms. The monoisotopic (exact) mass is 354 g/mol. The number of rotatable bonds is 2. The predicted molar refractivity (Wildman–Crippen MR) is 110 cm³/mol. The summed E-state index contributed by atoms with van der Waals surface area (Å²) in [7, 11) is 0. The van der Waals surface area contributed by atoms with E-state index >= 15 is 0 Å². The van der Waals surface area contributed by atoms with Gasteiger partial charge in [-0.1, -0.05) is 36.4 Å². The molecule has 0 spiro atoms. The van der Waals surface area contributed by atoms with E-state index in [0.717, 1.165) is 54.0 Å². The van der Waals surface area contributed by atoms with Crippen LogP contribution in [0.5, 0.6) is 0 Å². The summed E-state index contributed by atoms with van der Waals surface area (Å²) in [5.74, 6) is 0.912. The molecule has 1 unspecified atom stereocenters. The number of aliphatic imine (C=N–C) groups is 1. The van der Waals surface area contributed by atoms with Crippen molar-refractivity contribution in [2.45, 2.75) is 18.9 Å². The van der Waals surface area contributed by atoms with E-state index in [1.165, 1.54) is 0 Å². The van der Waals surface area contributed by atoms with Crippen molar-refractivity contribution in [3.8, 4) is 17.2 Å². The Bertz CT molecular complexity index is 939. The number of nitriles is 1. The molecule has 2 N–H and O–H groups in total. The first-order valence-electron chi connectivity index (χ1n) is 9.37. The smallest absolute Gasteiger partial charge is 0.133 e. The molecular weight excluding hydrogens is 332 g/mol. The maximum atomic E-state index is 9.01. The zero-order chi connectivity index (χ0) is 18.5. The topological polar surface area (TPSA) is 60.2 Å². The molecule has 0 aliphatic carbocycles. The van der Waals surface area contributed by atoms with Gasteiger partial charge in [0.25, 0.3) is 0 Å². The molecule has 1 saturated heterocycles. The summed E-state index contributed by atoms with van der Waals surface area (Å²) < 4.78 is 0. The van der Waals surface area contributed by atoms with Crippen LogP contribution >= 0.6 is 0 Å². The first kappa shape index (κ1) is 17.3. The van der Waals surface area contributed by atoms with Gasteiger partial charge < -0.3 is 10.6 Å². The van der Waals surface area contributed by atoms with Crippen LogP contribution in [0.1, 0.15) is 29.5 Å². The first-order valence-corrected chi connectivity index (χ1v) is 9.37. The highest BCUT2D eigenvalue weighted by atomic mass is 15.0. The number of fused-ring (bicyclic) bond motifs is 1. The van der Waals surface area contributed by atoms with Crippen LogP contribution in [0, 0.1) is 11.3 Å². The third-order valence-electron chi connectivity index (χ3n) is 4.94. The summed E-state index contributed by atoms with van der Waals surface area (Å²) >= 11 is 0. The average Bonchev–Trinajstić information content (AvgIpc) is 2.72. The molecule has 0 aromatic heterocycles. The molecule has 4 nitrogen and oxygen atoms in total. The van der Waals surface area contributed by atoms with Crippen molar-refractivity contribution in [3.05, 3.63) is 77.5 Å². The minimum atomic E-state index is 0.296. The second-order valence-corrected chi connectivity index (χ2v) is 6.83. The van der Waals surface area contributed by atoms with E-state index < -0.39 is 0 Å². The number of nitrogens with one attached hydrogen (secondary N) is 2. The van der Waals surface area contributed by atoms with Crippen molar-refractivity contribution in [1.29, 1.82) is 5.26 Å². The number of benzene rings is 2. The molecule has 2 aromatic rings. The number of allylic oxidation sites excluding steroid dienone is 2. The normalized spacial score (nSPS) is 20.3. The zero-order valence-electron chi connectivity index (χ0n) is 15.2. The molecule has 2 aliphatic heterocycles. The molecule has 134 valence electrons. The van der Waals surface area contributed by atoms with Crippen LogP contribution in [-0.2, 0) is 0 Å². The van der Waals surface area contributed by atoms with E-state index in [1.54, 1.807) is 0 Å². The minimum Gasteiger partial charge on any atom is -0.346 e. The number of nitrogens with zero attached hydrogens (tertiary/aromatic N) is 2. The first-order chi connectivity index (χ1) is 13.3. The summed E-state index contributed by atoms with van der Waals surface area (Å²) in [6, 6.07) is 16.6. The van der Waals surface area contributed by atoms with Gasteiger partial charge in [-0.2, -0.15) is 5.26 Å². The van der Waals surface area contributed by atoms with Gasteiger partial charge in [0, 0.05) is 18.3 Å². The van der Waals surface area contributed by atoms with E-state index in [2.05, 4.69) is 41.0 Å². The molecule has 4 rings (SSSR count). The molecule has 2 aliphatic rings. The molecule has 0 saturated carbocycles. The van der Waals surface area contributed by atoms with Gasteiger partial charge in [-0.3, -0.25) is 4.99 Å². The zero-order valence-corrected chi connectivity index (χ0v) is 15.2. The highest BCUT2D eigenvalue weighted by Crippen LogP contribution is 2.25. The van der Waals surface area contributed by atoms with Crippen LogP contribution in [0.15, 0.2) is 65.8 Å². The van der Waals surface area contributed by atoms with Crippen LogP contribution in [0.25, 0.3) is 17.2 Å². The van der Waals surface area contributed by atoms with Gasteiger partial charge in [0.2, 0.25) is 0 Å². The third-order valence-corrected chi connectivity index (χ3v) is 4.94. The van der Waals surface area contributed by atoms with Gasteiger partial charge in [0.05, 0.1) is 17.7 Å². The Balaban J connectivity index is 1.74. The summed E-state index contributed by atoms with van der Waals surface area (Å²) in [6.07, 6.45) is 10.3. The molecular formula is C23H22N4. The Labute approximate surface area is 159 Å². The Morgan fingerprint density at radius 1 is 1.04 bits per heavy atom. The molecule has 1 atom stereocenters. The van der Waals surface area contributed by atoms with Gasteiger partial charge in [-0.15, -0.1) is 0 Å². The lowest BCUT2D eigenvalue weighted by atomic mass is 9.96. The fourth-order valence-corrected chi connectivity index (χ4v) is 3.48. The molecule has 27 heavy (non-hydrogen) atoms. The van der Waals surface area contributed by atoms with Crippen molar-refractivity contribution >= 4 is 11.9 Å². The average molecular weight is 354 g/mol. The standard InChI is InChI=1S/C23H22N4/c24-15-17-6-8-18(9-7-17)20-11-10-19-4-1-2-13-26-23(22(19)14-20)27-21-5-3-12-25-16-21/h1-2,4,6-11,13-14,21,25H,3,5,12,16H2,(H,26,27). The van der Waals surface area contributed by atoms with Crippen LogP contribution in [0.2, 0.25) is 0 Å². The summed E-state index contributed by atoms with van der Waals surface area (Å²) in [5, 5.41) is 15.8. The lowest BCUT2D eigenvalue weighted by Crippen LogP contribution is -2.34. The third kappa shape index (κ3) is 3.99. The molecule has 2 heterocycles. The van der Waals surface area contributed by atoms with Crippen molar-refractivity contribution in [3.63, 3.8) is 0 Å². The van der Waals surface area contributed by atoms with Gasteiger partial charge in [0.1, 0.15) is 5.84 Å². The highest BCUT2D eigenvalue weighted by Gasteiger charge is 2.16. The van der Waals surface area contributed by atoms with Gasteiger partial charge >= 0.3 is 0 Å². The van der Waals surface area contributed by atoms with E-state index in [9.17, 15) is 0 Å². The number of hydrogen-bond acceptors (Lipinski definition) is 3. The second kappa shape index (κ2) is 8.03. The fraction of sp³-hybridized carbons (Fsp3) is 0.217. The molecule has 0 radical (unpaired) electrons. The van der Waals surface area contributed by atoms with E-state index in [0.29, 0.717) is 11.6 Å². The highest BCUT2D eigenvalue weighted by molar-refractivity contribution is 6.03. The van der Waals surface area contributed by atoms with Gasteiger partial charge in [-0.05, 0) is 60.4 Å². The number of amidine groups is 1. The largest absolute Gasteiger partial charge is 0.346 e. The lowest BCUT2D eigenvalue weighted by molar-refractivity contribution is 0.460. The van der Waals surface area contributed by atoms with Crippen molar-refractivity contribution in [1.82, 2.24) is 10.6 Å². The summed E-state index contributed by atoms with van der Waals surface area (Å²) in [5.41, 5.74) is 5.13. The minimum absolute atomic E-state index is 0.296. The molecule has 2 aromatic carbocycles.